The van der Waals surface area contributed by atoms with Gasteiger partial charge in [0, 0.05) is 11.8 Å². The van der Waals surface area contributed by atoms with E-state index < -0.39 is 21.8 Å². The summed E-state index contributed by atoms with van der Waals surface area (Å²) in [5, 5.41) is 9.95. The average Bonchev–Trinajstić information content (AvgIpc) is 2.58. The predicted octanol–water partition coefficient (Wildman–Crippen LogP) is 1.10. The third-order valence-electron chi connectivity index (χ3n) is 3.10. The van der Waals surface area contributed by atoms with Crippen molar-refractivity contribution in [1.82, 2.24) is 5.32 Å². The van der Waals surface area contributed by atoms with Crippen molar-refractivity contribution in [2.75, 3.05) is 11.9 Å². The fraction of sp³-hybridized carbons (Fsp3) is 0.0588. The lowest BCUT2D eigenvalue weighted by Crippen LogP contribution is -2.31. The first-order valence-corrected chi connectivity index (χ1v) is 8.83. The molecule has 0 aliphatic heterocycles. The standard InChI is InChI=1S/C17H17N3O4S/c18-25(23,24)15-8-4-7-14(11-15)20-17(22)12-19-16(21)10-9-13-5-2-1-3-6-13/h1-11H,12H2,(H,19,21)(H,20,22)(H2,18,23,24). The Morgan fingerprint density at radius 1 is 1.04 bits per heavy atom. The summed E-state index contributed by atoms with van der Waals surface area (Å²) in [6, 6.07) is 14.8. The summed E-state index contributed by atoms with van der Waals surface area (Å²) >= 11 is 0. The van der Waals surface area contributed by atoms with Crippen LogP contribution in [0.5, 0.6) is 0 Å². The Balaban J connectivity index is 1.86. The van der Waals surface area contributed by atoms with Crippen molar-refractivity contribution < 1.29 is 18.0 Å². The molecule has 25 heavy (non-hydrogen) atoms. The van der Waals surface area contributed by atoms with Crippen molar-refractivity contribution in [3.63, 3.8) is 0 Å². The van der Waals surface area contributed by atoms with E-state index in [0.29, 0.717) is 0 Å². The van der Waals surface area contributed by atoms with E-state index >= 15 is 0 Å². The quantitative estimate of drug-likeness (QED) is 0.669. The number of carbonyl (C=O) groups excluding carboxylic acids is 2. The van der Waals surface area contributed by atoms with Crippen molar-refractivity contribution in [1.29, 1.82) is 0 Å². The molecule has 2 aromatic rings. The molecule has 0 aromatic heterocycles. The Morgan fingerprint density at radius 2 is 1.76 bits per heavy atom. The van der Waals surface area contributed by atoms with Crippen LogP contribution in [0.3, 0.4) is 0 Å². The van der Waals surface area contributed by atoms with Crippen molar-refractivity contribution in [2.45, 2.75) is 4.90 Å². The molecule has 0 bridgehead atoms. The summed E-state index contributed by atoms with van der Waals surface area (Å²) in [6.45, 7) is -0.252. The molecule has 0 saturated carbocycles. The van der Waals surface area contributed by atoms with Gasteiger partial charge in [0.1, 0.15) is 0 Å². The van der Waals surface area contributed by atoms with Crippen LogP contribution in [-0.4, -0.2) is 26.8 Å². The first-order valence-electron chi connectivity index (χ1n) is 7.28. The van der Waals surface area contributed by atoms with Crippen molar-refractivity contribution in [3.8, 4) is 0 Å². The first kappa shape index (κ1) is 18.4. The van der Waals surface area contributed by atoms with Crippen LogP contribution < -0.4 is 15.8 Å². The van der Waals surface area contributed by atoms with Gasteiger partial charge in [-0.3, -0.25) is 9.59 Å². The van der Waals surface area contributed by atoms with Crippen molar-refractivity contribution in [2.24, 2.45) is 5.14 Å². The van der Waals surface area contributed by atoms with E-state index in [1.807, 2.05) is 30.3 Å². The maximum Gasteiger partial charge on any atom is 0.244 e. The van der Waals surface area contributed by atoms with Crippen LogP contribution in [-0.2, 0) is 19.6 Å². The number of nitrogens with one attached hydrogen (secondary N) is 2. The molecule has 0 spiro atoms. The largest absolute Gasteiger partial charge is 0.343 e. The molecule has 0 atom stereocenters. The number of sulfonamides is 1. The predicted molar refractivity (Wildman–Crippen MR) is 94.9 cm³/mol. The molecule has 2 rings (SSSR count). The third kappa shape index (κ3) is 6.21. The molecule has 2 amide bonds. The van der Waals surface area contributed by atoms with Gasteiger partial charge in [-0.25, -0.2) is 13.6 Å². The Bertz CT molecular complexity index is 893. The molecule has 4 N–H and O–H groups in total. The highest BCUT2D eigenvalue weighted by atomic mass is 32.2. The monoisotopic (exact) mass is 359 g/mol. The second-order valence-corrected chi connectivity index (χ2v) is 6.64. The summed E-state index contributed by atoms with van der Waals surface area (Å²) in [5.74, 6) is -0.912. The molecule has 0 heterocycles. The molecule has 7 nitrogen and oxygen atoms in total. The third-order valence-corrected chi connectivity index (χ3v) is 4.01. The molecular weight excluding hydrogens is 342 g/mol. The second kappa shape index (κ2) is 8.22. The molecule has 0 unspecified atom stereocenters. The highest BCUT2D eigenvalue weighted by Crippen LogP contribution is 2.13. The summed E-state index contributed by atoms with van der Waals surface area (Å²) in [5.41, 5.74) is 1.13. The Morgan fingerprint density at radius 3 is 2.44 bits per heavy atom. The van der Waals surface area contributed by atoms with Crippen LogP contribution in [0.1, 0.15) is 5.56 Å². The molecule has 2 aromatic carbocycles. The van der Waals surface area contributed by atoms with Gasteiger partial charge >= 0.3 is 0 Å². The van der Waals surface area contributed by atoms with Gasteiger partial charge in [-0.05, 0) is 29.8 Å². The molecule has 130 valence electrons. The molecule has 0 fully saturated rings. The number of nitrogens with two attached hydrogens (primary N) is 1. The zero-order valence-corrected chi connectivity index (χ0v) is 14.0. The van der Waals surface area contributed by atoms with Gasteiger partial charge in [0.25, 0.3) is 0 Å². The smallest absolute Gasteiger partial charge is 0.244 e. The minimum atomic E-state index is -3.85. The molecular formula is C17H17N3O4S. The van der Waals surface area contributed by atoms with Gasteiger partial charge in [-0.15, -0.1) is 0 Å². The zero-order valence-electron chi connectivity index (χ0n) is 13.2. The number of hydrogen-bond acceptors (Lipinski definition) is 4. The highest BCUT2D eigenvalue weighted by molar-refractivity contribution is 7.89. The van der Waals surface area contributed by atoms with Crippen molar-refractivity contribution in [3.05, 3.63) is 66.2 Å². The van der Waals surface area contributed by atoms with Crippen LogP contribution in [0.4, 0.5) is 5.69 Å². The van der Waals surface area contributed by atoms with E-state index in [2.05, 4.69) is 10.6 Å². The molecule has 0 aliphatic carbocycles. The zero-order chi connectivity index (χ0) is 18.3. The van der Waals surface area contributed by atoms with Gasteiger partial charge in [0.05, 0.1) is 11.4 Å². The molecule has 0 radical (unpaired) electrons. The highest BCUT2D eigenvalue weighted by Gasteiger charge is 2.09. The topological polar surface area (TPSA) is 118 Å². The summed E-state index contributed by atoms with van der Waals surface area (Å²) in [7, 11) is -3.85. The van der Waals surface area contributed by atoms with Gasteiger partial charge in [0.2, 0.25) is 21.8 Å². The Labute approximate surface area is 145 Å². The van der Waals surface area contributed by atoms with Gasteiger partial charge in [-0.2, -0.15) is 0 Å². The Hall–Kier alpha value is -2.97. The number of rotatable bonds is 6. The number of anilines is 1. The van der Waals surface area contributed by atoms with Gasteiger partial charge < -0.3 is 10.6 Å². The molecule has 0 saturated heterocycles. The van der Waals surface area contributed by atoms with Crippen LogP contribution >= 0.6 is 0 Å². The second-order valence-electron chi connectivity index (χ2n) is 5.08. The summed E-state index contributed by atoms with van der Waals surface area (Å²) in [6.07, 6.45) is 2.95. The number of carbonyl (C=O) groups is 2. The lowest BCUT2D eigenvalue weighted by Gasteiger charge is -2.07. The molecule has 8 heteroatoms. The first-order chi connectivity index (χ1) is 11.8. The fourth-order valence-electron chi connectivity index (χ4n) is 1.92. The van der Waals surface area contributed by atoms with E-state index in [1.165, 1.54) is 30.3 Å². The SMILES string of the molecule is NS(=O)(=O)c1cccc(NC(=O)CNC(=O)C=Cc2ccccc2)c1. The average molecular weight is 359 g/mol. The lowest BCUT2D eigenvalue weighted by molar-refractivity contribution is -0.121. The number of primary sulfonamides is 1. The summed E-state index contributed by atoms with van der Waals surface area (Å²) < 4.78 is 22.6. The molecule has 0 aliphatic rings. The van der Waals surface area contributed by atoms with Crippen molar-refractivity contribution >= 4 is 33.6 Å². The number of amides is 2. The van der Waals surface area contributed by atoms with E-state index in [4.69, 9.17) is 5.14 Å². The number of hydrogen-bond donors (Lipinski definition) is 3. The van der Waals surface area contributed by atoms with Crippen LogP contribution in [0.15, 0.2) is 65.6 Å². The lowest BCUT2D eigenvalue weighted by atomic mass is 10.2. The number of benzene rings is 2. The van der Waals surface area contributed by atoms with Crippen LogP contribution in [0, 0.1) is 0 Å². The van der Waals surface area contributed by atoms with Gasteiger partial charge in [0.15, 0.2) is 0 Å². The minimum Gasteiger partial charge on any atom is -0.343 e. The van der Waals surface area contributed by atoms with E-state index in [1.54, 1.807) is 6.08 Å². The summed E-state index contributed by atoms with van der Waals surface area (Å²) in [4.78, 5) is 23.4. The van der Waals surface area contributed by atoms with E-state index in [0.717, 1.165) is 5.56 Å². The minimum absolute atomic E-state index is 0.111. The van der Waals surface area contributed by atoms with Crippen LogP contribution in [0.2, 0.25) is 0 Å². The van der Waals surface area contributed by atoms with Crippen LogP contribution in [0.25, 0.3) is 6.08 Å². The normalized spacial score (nSPS) is 11.2. The fourth-order valence-corrected chi connectivity index (χ4v) is 2.48. The van der Waals surface area contributed by atoms with Gasteiger partial charge in [-0.1, -0.05) is 36.4 Å². The van der Waals surface area contributed by atoms with E-state index in [-0.39, 0.29) is 17.1 Å². The Kier molecular flexibility index (Phi) is 6.04. The maximum absolute atomic E-state index is 11.8. The van der Waals surface area contributed by atoms with E-state index in [9.17, 15) is 18.0 Å². The maximum atomic E-state index is 11.8.